The van der Waals surface area contributed by atoms with Gasteiger partial charge in [0.1, 0.15) is 12.0 Å². The van der Waals surface area contributed by atoms with Crippen LogP contribution in [0.15, 0.2) is 34.4 Å². The summed E-state index contributed by atoms with van der Waals surface area (Å²) in [4.78, 5) is 12.8. The molecular weight excluding hydrogens is 336 g/mol. The zero-order chi connectivity index (χ0) is 18.9. The molecule has 26 heavy (non-hydrogen) atoms. The number of aromatic hydroxyl groups is 1. The highest BCUT2D eigenvalue weighted by atomic mass is 16.5. The summed E-state index contributed by atoms with van der Waals surface area (Å²) in [5, 5.41) is 26.0. The molecule has 0 atom stereocenters. The van der Waals surface area contributed by atoms with Crippen LogP contribution in [0.1, 0.15) is 39.0 Å². The van der Waals surface area contributed by atoms with E-state index in [0.717, 1.165) is 4.68 Å². The quantitative estimate of drug-likeness (QED) is 0.711. The molecule has 0 unspecified atom stereocenters. The molecule has 2 aromatic heterocycles. The second kappa shape index (κ2) is 6.58. The molecule has 0 fully saturated rings. The Kier molecular flexibility index (Phi) is 4.45. The lowest BCUT2D eigenvalue weighted by Crippen LogP contribution is -2.33. The Morgan fingerprint density at radius 3 is 2.81 bits per heavy atom. The Morgan fingerprint density at radius 2 is 2.12 bits per heavy atom. The van der Waals surface area contributed by atoms with Crippen molar-refractivity contribution in [3.8, 4) is 11.5 Å². The Balaban J connectivity index is 2.10. The number of rotatable bonds is 4. The van der Waals surface area contributed by atoms with E-state index < -0.39 is 5.41 Å². The summed E-state index contributed by atoms with van der Waals surface area (Å²) in [5.74, 6) is 0.601. The van der Waals surface area contributed by atoms with Crippen LogP contribution >= 0.6 is 0 Å². The predicted octanol–water partition coefficient (Wildman–Crippen LogP) is 1.57. The number of hydrogen-bond acceptors (Lipinski definition) is 7. The average Bonchev–Trinajstić information content (AvgIpc) is 3.04. The third-order valence-corrected chi connectivity index (χ3v) is 3.62. The summed E-state index contributed by atoms with van der Waals surface area (Å²) in [5.41, 5.74) is 0.179. The van der Waals surface area contributed by atoms with E-state index in [4.69, 9.17) is 4.74 Å². The van der Waals surface area contributed by atoms with Crippen LogP contribution in [0.3, 0.4) is 0 Å². The van der Waals surface area contributed by atoms with Gasteiger partial charge in [-0.2, -0.15) is 19.4 Å². The predicted molar refractivity (Wildman–Crippen MR) is 96.0 cm³/mol. The average molecular weight is 356 g/mol. The second-order valence-electron chi connectivity index (χ2n) is 6.70. The smallest absolute Gasteiger partial charge is 0.298 e. The van der Waals surface area contributed by atoms with Gasteiger partial charge in [0, 0.05) is 5.41 Å². The molecule has 9 nitrogen and oxygen atoms in total. The Hall–Kier alpha value is -3.23. The van der Waals surface area contributed by atoms with E-state index in [0.29, 0.717) is 23.6 Å². The van der Waals surface area contributed by atoms with E-state index in [2.05, 4.69) is 20.4 Å². The molecule has 0 aliphatic heterocycles. The van der Waals surface area contributed by atoms with Crippen LogP contribution in [0, 0.1) is 0 Å². The Morgan fingerprint density at radius 1 is 1.35 bits per heavy atom. The second-order valence-corrected chi connectivity index (χ2v) is 6.70. The minimum absolute atomic E-state index is 0.0416. The summed E-state index contributed by atoms with van der Waals surface area (Å²) in [6, 6.07) is 4.81. The van der Waals surface area contributed by atoms with Crippen molar-refractivity contribution in [2.75, 3.05) is 6.61 Å². The zero-order valence-electron chi connectivity index (χ0n) is 15.0. The minimum atomic E-state index is -0.465. The van der Waals surface area contributed by atoms with Crippen molar-refractivity contribution in [2.45, 2.75) is 33.1 Å². The van der Waals surface area contributed by atoms with Crippen molar-refractivity contribution in [3.05, 3.63) is 46.1 Å². The molecule has 3 aromatic rings. The summed E-state index contributed by atoms with van der Waals surface area (Å²) >= 11 is 0. The monoisotopic (exact) mass is 356 g/mol. The molecule has 0 amide bonds. The van der Waals surface area contributed by atoms with Crippen molar-refractivity contribution in [1.82, 2.24) is 24.5 Å². The van der Waals surface area contributed by atoms with Gasteiger partial charge in [0.2, 0.25) is 0 Å². The molecule has 9 heteroatoms. The van der Waals surface area contributed by atoms with Gasteiger partial charge in [-0.05, 0) is 30.7 Å². The van der Waals surface area contributed by atoms with Crippen LogP contribution in [-0.4, -0.2) is 42.4 Å². The molecule has 0 saturated carbocycles. The van der Waals surface area contributed by atoms with Crippen molar-refractivity contribution >= 4 is 12.0 Å². The van der Waals surface area contributed by atoms with Gasteiger partial charge >= 0.3 is 0 Å². The molecule has 0 aliphatic carbocycles. The number of ether oxygens (including phenoxy) is 1. The van der Waals surface area contributed by atoms with Crippen molar-refractivity contribution in [3.63, 3.8) is 0 Å². The molecule has 0 saturated heterocycles. The van der Waals surface area contributed by atoms with Crippen LogP contribution in [0.4, 0.5) is 0 Å². The summed E-state index contributed by atoms with van der Waals surface area (Å²) in [7, 11) is 0. The number of hydrogen-bond donors (Lipinski definition) is 1. The van der Waals surface area contributed by atoms with Crippen molar-refractivity contribution < 1.29 is 9.84 Å². The zero-order valence-corrected chi connectivity index (χ0v) is 15.0. The first kappa shape index (κ1) is 17.6. The van der Waals surface area contributed by atoms with Gasteiger partial charge in [0.05, 0.1) is 12.8 Å². The van der Waals surface area contributed by atoms with Gasteiger partial charge in [-0.3, -0.25) is 4.79 Å². The lowest BCUT2D eigenvalue weighted by Gasteiger charge is -2.16. The number of fused-ring (bicyclic) bond motifs is 1. The topological polar surface area (TPSA) is 107 Å². The maximum Gasteiger partial charge on any atom is 0.298 e. The van der Waals surface area contributed by atoms with Crippen LogP contribution < -0.4 is 10.3 Å². The molecule has 0 bridgehead atoms. The fourth-order valence-electron chi connectivity index (χ4n) is 2.36. The highest BCUT2D eigenvalue weighted by molar-refractivity contribution is 5.80. The largest absolute Gasteiger partial charge is 0.504 e. The van der Waals surface area contributed by atoms with Crippen LogP contribution in [-0.2, 0) is 5.41 Å². The van der Waals surface area contributed by atoms with Gasteiger partial charge < -0.3 is 9.84 Å². The van der Waals surface area contributed by atoms with E-state index in [9.17, 15) is 9.90 Å². The highest BCUT2D eigenvalue weighted by Crippen LogP contribution is 2.26. The first-order chi connectivity index (χ1) is 12.3. The van der Waals surface area contributed by atoms with Gasteiger partial charge in [-0.1, -0.05) is 20.8 Å². The molecule has 2 heterocycles. The van der Waals surface area contributed by atoms with Gasteiger partial charge in [-0.25, -0.2) is 0 Å². The number of phenols is 1. The maximum atomic E-state index is 12.8. The molecule has 1 aromatic carbocycles. The minimum Gasteiger partial charge on any atom is -0.504 e. The molecule has 1 N–H and O–H groups in total. The van der Waals surface area contributed by atoms with E-state index in [1.54, 1.807) is 12.1 Å². The normalized spacial score (nSPS) is 12.2. The van der Waals surface area contributed by atoms with E-state index in [-0.39, 0.29) is 17.1 Å². The SMILES string of the molecule is CCOc1cc(/C=N\n2c(=O)c(C(C)(C)C)nn3cnnc23)ccc1O. The standard InChI is InChI=1S/C17H20N6O3/c1-5-26-13-8-11(6-7-12(13)24)9-19-23-15(25)14(17(2,3)4)21-22-10-18-20-16(22)23/h6-10,24H,5H2,1-4H3/b19-9-. The lowest BCUT2D eigenvalue weighted by atomic mass is 9.93. The number of phenolic OH excluding ortho intramolecular Hbond substituents is 1. The Bertz CT molecular complexity index is 1030. The lowest BCUT2D eigenvalue weighted by molar-refractivity contribution is 0.318. The van der Waals surface area contributed by atoms with Gasteiger partial charge in [0.15, 0.2) is 11.5 Å². The third kappa shape index (κ3) is 3.28. The molecular formula is C17H20N6O3. The van der Waals surface area contributed by atoms with Crippen LogP contribution in [0.25, 0.3) is 5.78 Å². The maximum absolute atomic E-state index is 12.8. The molecule has 136 valence electrons. The number of benzene rings is 1. The van der Waals surface area contributed by atoms with Crippen molar-refractivity contribution in [2.24, 2.45) is 5.10 Å². The molecule has 3 rings (SSSR count). The van der Waals surface area contributed by atoms with E-state index in [1.807, 2.05) is 27.7 Å². The summed E-state index contributed by atoms with van der Waals surface area (Å²) < 4.78 is 7.94. The Labute approximate surface area is 149 Å². The summed E-state index contributed by atoms with van der Waals surface area (Å²) in [6.07, 6.45) is 2.91. The number of aromatic nitrogens is 5. The molecule has 0 spiro atoms. The fourth-order valence-corrected chi connectivity index (χ4v) is 2.36. The van der Waals surface area contributed by atoms with Crippen molar-refractivity contribution in [1.29, 1.82) is 0 Å². The third-order valence-electron chi connectivity index (χ3n) is 3.62. The summed E-state index contributed by atoms with van der Waals surface area (Å²) in [6.45, 7) is 7.94. The van der Waals surface area contributed by atoms with Crippen LogP contribution in [0.2, 0.25) is 0 Å². The first-order valence-electron chi connectivity index (χ1n) is 8.15. The first-order valence-corrected chi connectivity index (χ1v) is 8.15. The van der Waals surface area contributed by atoms with Crippen LogP contribution in [0.5, 0.6) is 11.5 Å². The van der Waals surface area contributed by atoms with E-state index in [1.165, 1.54) is 23.1 Å². The fraction of sp³-hybridized carbons (Fsp3) is 0.353. The number of nitrogens with zero attached hydrogens (tertiary/aromatic N) is 6. The highest BCUT2D eigenvalue weighted by Gasteiger charge is 2.23. The molecule has 0 radical (unpaired) electrons. The van der Waals surface area contributed by atoms with E-state index >= 15 is 0 Å². The van der Waals surface area contributed by atoms with Gasteiger partial charge in [0.25, 0.3) is 11.3 Å². The van der Waals surface area contributed by atoms with Gasteiger partial charge in [-0.15, -0.1) is 10.2 Å². The molecule has 0 aliphatic rings.